The molecule has 4 aromatic rings. The van der Waals surface area contributed by atoms with Crippen LogP contribution in [0.2, 0.25) is 0 Å². The largest absolute Gasteiger partial charge is 0.454 e. The summed E-state index contributed by atoms with van der Waals surface area (Å²) in [6.45, 7) is 1.97. The molecular formula is C28H26N4O4. The fourth-order valence-electron chi connectivity index (χ4n) is 4.87. The van der Waals surface area contributed by atoms with Crippen LogP contribution in [0.15, 0.2) is 79.3 Å². The summed E-state index contributed by atoms with van der Waals surface area (Å²) in [6, 6.07) is 19.6. The standard InChI is InChI=1S/C28H26N4O4/c33-27(23-17-32(22-6-2-1-3-7-22)31-26(23)20-5-4-12-29-16-20)30-18-28(10-13-34-14-11-28)21-8-9-24-25(15-21)36-19-35-24/h1-9,12,15-17H,10-11,13-14,18-19H2,(H,30,33). The highest BCUT2D eigenvalue weighted by molar-refractivity contribution is 6.00. The monoisotopic (exact) mass is 482 g/mol. The molecule has 4 heterocycles. The number of carbonyl (C=O) groups excluding carboxylic acids is 1. The van der Waals surface area contributed by atoms with Gasteiger partial charge in [0.25, 0.3) is 5.91 Å². The van der Waals surface area contributed by atoms with Crippen LogP contribution in [0.25, 0.3) is 16.9 Å². The molecule has 1 fully saturated rings. The van der Waals surface area contributed by atoms with Crippen LogP contribution in [0, 0.1) is 0 Å². The molecule has 2 aromatic carbocycles. The van der Waals surface area contributed by atoms with Crippen molar-refractivity contribution in [3.8, 4) is 28.4 Å². The van der Waals surface area contributed by atoms with Crippen molar-refractivity contribution < 1.29 is 19.0 Å². The van der Waals surface area contributed by atoms with Crippen LogP contribution in [-0.4, -0.2) is 47.2 Å². The van der Waals surface area contributed by atoms with Crippen molar-refractivity contribution >= 4 is 5.91 Å². The molecule has 36 heavy (non-hydrogen) atoms. The van der Waals surface area contributed by atoms with Crippen LogP contribution in [-0.2, 0) is 10.2 Å². The van der Waals surface area contributed by atoms with E-state index in [1.165, 1.54) is 0 Å². The van der Waals surface area contributed by atoms with E-state index in [1.54, 1.807) is 23.3 Å². The Morgan fingerprint density at radius 3 is 2.64 bits per heavy atom. The molecule has 0 unspecified atom stereocenters. The van der Waals surface area contributed by atoms with Crippen molar-refractivity contribution in [2.45, 2.75) is 18.3 Å². The average Bonchev–Trinajstić information content (AvgIpc) is 3.61. The van der Waals surface area contributed by atoms with Gasteiger partial charge in [0.15, 0.2) is 11.5 Å². The number of amides is 1. The molecular weight excluding hydrogens is 456 g/mol. The van der Waals surface area contributed by atoms with Crippen molar-refractivity contribution in [3.05, 3.63) is 90.4 Å². The molecule has 0 aliphatic carbocycles. The first-order chi connectivity index (χ1) is 17.7. The fourth-order valence-corrected chi connectivity index (χ4v) is 4.87. The van der Waals surface area contributed by atoms with Crippen LogP contribution in [0.1, 0.15) is 28.8 Å². The van der Waals surface area contributed by atoms with E-state index < -0.39 is 0 Å². The Hall–Kier alpha value is -4.17. The van der Waals surface area contributed by atoms with Gasteiger partial charge in [-0.1, -0.05) is 24.3 Å². The molecule has 6 rings (SSSR count). The maximum Gasteiger partial charge on any atom is 0.255 e. The lowest BCUT2D eigenvalue weighted by Gasteiger charge is -2.38. The Kier molecular flexibility index (Phi) is 5.87. The zero-order chi connectivity index (χ0) is 24.4. The van der Waals surface area contributed by atoms with Crippen LogP contribution in [0.5, 0.6) is 11.5 Å². The number of nitrogens with zero attached hydrogens (tertiary/aromatic N) is 3. The van der Waals surface area contributed by atoms with Crippen LogP contribution in [0.4, 0.5) is 0 Å². The predicted molar refractivity (Wildman–Crippen MR) is 133 cm³/mol. The Morgan fingerprint density at radius 2 is 1.83 bits per heavy atom. The molecule has 2 aromatic heterocycles. The van der Waals surface area contributed by atoms with Crippen molar-refractivity contribution in [3.63, 3.8) is 0 Å². The van der Waals surface area contributed by atoms with Gasteiger partial charge >= 0.3 is 0 Å². The Balaban J connectivity index is 1.31. The minimum absolute atomic E-state index is 0.178. The molecule has 182 valence electrons. The van der Waals surface area contributed by atoms with E-state index in [1.807, 2.05) is 54.6 Å². The summed E-state index contributed by atoms with van der Waals surface area (Å²) in [5.74, 6) is 1.31. The van der Waals surface area contributed by atoms with Crippen molar-refractivity contribution in [1.82, 2.24) is 20.1 Å². The number of nitrogens with one attached hydrogen (secondary N) is 1. The second-order valence-corrected chi connectivity index (χ2v) is 9.06. The first-order valence-electron chi connectivity index (χ1n) is 12.0. The number of para-hydroxylation sites is 1. The molecule has 8 heteroatoms. The Bertz CT molecular complexity index is 1370. The van der Waals surface area contributed by atoms with Crippen LogP contribution in [0.3, 0.4) is 0 Å². The van der Waals surface area contributed by atoms with Crippen LogP contribution < -0.4 is 14.8 Å². The van der Waals surface area contributed by atoms with E-state index >= 15 is 0 Å². The lowest BCUT2D eigenvalue weighted by molar-refractivity contribution is 0.0486. The fraction of sp³-hybridized carbons (Fsp3) is 0.250. The third-order valence-corrected chi connectivity index (χ3v) is 6.94. The topological polar surface area (TPSA) is 87.5 Å². The molecule has 0 saturated carbocycles. The Morgan fingerprint density at radius 1 is 1.00 bits per heavy atom. The first-order valence-corrected chi connectivity index (χ1v) is 12.0. The average molecular weight is 483 g/mol. The van der Waals surface area contributed by atoms with E-state index in [0.29, 0.717) is 31.0 Å². The van der Waals surface area contributed by atoms with Gasteiger partial charge in [-0.3, -0.25) is 9.78 Å². The summed E-state index contributed by atoms with van der Waals surface area (Å²) in [5.41, 5.74) is 3.60. The van der Waals surface area contributed by atoms with E-state index in [2.05, 4.69) is 16.4 Å². The minimum atomic E-state index is -0.265. The quantitative estimate of drug-likeness (QED) is 0.445. The molecule has 1 saturated heterocycles. The molecule has 0 radical (unpaired) electrons. The van der Waals surface area contributed by atoms with Crippen molar-refractivity contribution in [1.29, 1.82) is 0 Å². The zero-order valence-corrected chi connectivity index (χ0v) is 19.7. The highest BCUT2D eigenvalue weighted by atomic mass is 16.7. The zero-order valence-electron chi connectivity index (χ0n) is 19.7. The number of aromatic nitrogens is 3. The number of ether oxygens (including phenoxy) is 3. The van der Waals surface area contributed by atoms with Gasteiger partial charge in [0.05, 0.1) is 11.3 Å². The molecule has 0 atom stereocenters. The van der Waals surface area contributed by atoms with Crippen molar-refractivity contribution in [2.75, 3.05) is 26.6 Å². The number of fused-ring (bicyclic) bond motifs is 1. The maximum absolute atomic E-state index is 13.6. The summed E-state index contributed by atoms with van der Waals surface area (Å²) in [5, 5.41) is 7.96. The number of carbonyl (C=O) groups is 1. The number of hydrogen-bond donors (Lipinski definition) is 1. The SMILES string of the molecule is O=C(NCC1(c2ccc3c(c2)OCO3)CCOCC1)c1cn(-c2ccccc2)nc1-c1cccnc1. The van der Waals surface area contributed by atoms with E-state index in [4.69, 9.17) is 19.3 Å². The van der Waals surface area contributed by atoms with Gasteiger partial charge in [-0.25, -0.2) is 4.68 Å². The summed E-state index contributed by atoms with van der Waals surface area (Å²) in [7, 11) is 0. The molecule has 1 N–H and O–H groups in total. The van der Waals surface area contributed by atoms with E-state index in [9.17, 15) is 4.79 Å². The van der Waals surface area contributed by atoms with Crippen molar-refractivity contribution in [2.24, 2.45) is 0 Å². The highest BCUT2D eigenvalue weighted by Gasteiger charge is 2.36. The summed E-state index contributed by atoms with van der Waals surface area (Å²) in [4.78, 5) is 17.9. The molecule has 2 aliphatic rings. The number of benzene rings is 2. The lowest BCUT2D eigenvalue weighted by atomic mass is 9.74. The first kappa shape index (κ1) is 22.3. The molecule has 1 amide bonds. The highest BCUT2D eigenvalue weighted by Crippen LogP contribution is 2.40. The van der Waals surface area contributed by atoms with Gasteiger partial charge < -0.3 is 19.5 Å². The Labute approximate surface area is 208 Å². The minimum Gasteiger partial charge on any atom is -0.454 e. The number of pyridine rings is 1. The molecule has 8 nitrogen and oxygen atoms in total. The van der Waals surface area contributed by atoms with Gasteiger partial charge in [-0.2, -0.15) is 5.10 Å². The predicted octanol–water partition coefficient (Wildman–Crippen LogP) is 4.14. The van der Waals surface area contributed by atoms with E-state index in [0.717, 1.165) is 41.2 Å². The van der Waals surface area contributed by atoms with Gasteiger partial charge in [-0.05, 0) is 54.8 Å². The lowest BCUT2D eigenvalue weighted by Crippen LogP contribution is -2.44. The second kappa shape index (κ2) is 9.47. The maximum atomic E-state index is 13.6. The van der Waals surface area contributed by atoms with Gasteiger partial charge in [0, 0.05) is 49.3 Å². The summed E-state index contributed by atoms with van der Waals surface area (Å²) in [6.07, 6.45) is 6.81. The third-order valence-electron chi connectivity index (χ3n) is 6.94. The molecule has 0 spiro atoms. The van der Waals surface area contributed by atoms with Gasteiger partial charge in [-0.15, -0.1) is 0 Å². The van der Waals surface area contributed by atoms with Gasteiger partial charge in [0.1, 0.15) is 5.69 Å². The van der Waals surface area contributed by atoms with Crippen LogP contribution >= 0.6 is 0 Å². The summed E-state index contributed by atoms with van der Waals surface area (Å²) < 4.78 is 18.5. The second-order valence-electron chi connectivity index (χ2n) is 9.06. The smallest absolute Gasteiger partial charge is 0.255 e. The molecule has 2 aliphatic heterocycles. The number of hydrogen-bond acceptors (Lipinski definition) is 6. The molecule has 0 bridgehead atoms. The normalized spacial score (nSPS) is 16.0. The van der Waals surface area contributed by atoms with Gasteiger partial charge in [0.2, 0.25) is 6.79 Å². The third kappa shape index (κ3) is 4.20. The summed E-state index contributed by atoms with van der Waals surface area (Å²) >= 11 is 0. The van der Waals surface area contributed by atoms with E-state index in [-0.39, 0.29) is 18.1 Å². The number of rotatable bonds is 6.